The van der Waals surface area contributed by atoms with Crippen LogP contribution in [0.5, 0.6) is 11.5 Å². The van der Waals surface area contributed by atoms with E-state index < -0.39 is 0 Å². The van der Waals surface area contributed by atoms with Gasteiger partial charge in [0.25, 0.3) is 0 Å². The first-order valence-corrected chi connectivity index (χ1v) is 9.31. The largest absolute Gasteiger partial charge is 0.454 e. The van der Waals surface area contributed by atoms with Crippen LogP contribution in [0.4, 0.5) is 0 Å². The van der Waals surface area contributed by atoms with Crippen LogP contribution in [0, 0.1) is 13.8 Å². The highest BCUT2D eigenvalue weighted by molar-refractivity contribution is 14.0. The van der Waals surface area contributed by atoms with Crippen molar-refractivity contribution in [1.29, 1.82) is 0 Å². The van der Waals surface area contributed by atoms with Crippen molar-refractivity contribution in [1.82, 2.24) is 15.6 Å². The molecule has 1 aliphatic heterocycles. The number of aliphatic imine (C=N–C) groups is 1. The number of nitrogens with one attached hydrogen (secondary N) is 2. The average Bonchev–Trinajstić information content (AvgIpc) is 3.18. The third-order valence-corrected chi connectivity index (χ3v) is 4.98. The molecule has 0 saturated heterocycles. The number of rotatable bonds is 6. The summed E-state index contributed by atoms with van der Waals surface area (Å²) in [7, 11) is 0. The fourth-order valence-corrected chi connectivity index (χ4v) is 3.59. The number of hydrogen-bond donors (Lipinski definition) is 2. The predicted octanol–water partition coefficient (Wildman–Crippen LogP) is 3.40. The Kier molecular flexibility index (Phi) is 7.95. The van der Waals surface area contributed by atoms with Crippen molar-refractivity contribution < 1.29 is 9.47 Å². The van der Waals surface area contributed by atoms with E-state index in [1.807, 2.05) is 25.1 Å². The molecular formula is C18H25IN4O2S. The number of fused-ring (bicyclic) bond motifs is 1. The maximum Gasteiger partial charge on any atom is 0.231 e. The summed E-state index contributed by atoms with van der Waals surface area (Å²) < 4.78 is 10.8. The Hall–Kier alpha value is -1.55. The van der Waals surface area contributed by atoms with Crippen LogP contribution in [0.2, 0.25) is 0 Å². The van der Waals surface area contributed by atoms with E-state index in [0.29, 0.717) is 13.3 Å². The number of thiazole rings is 1. The molecule has 2 N–H and O–H groups in total. The number of hydrogen-bond acceptors (Lipinski definition) is 5. The van der Waals surface area contributed by atoms with Gasteiger partial charge < -0.3 is 20.1 Å². The number of benzene rings is 1. The number of halogens is 1. The van der Waals surface area contributed by atoms with Gasteiger partial charge in [-0.15, -0.1) is 35.3 Å². The Bertz CT molecular complexity index is 764. The molecule has 0 unspecified atom stereocenters. The number of nitrogens with zero attached hydrogens (tertiary/aromatic N) is 2. The van der Waals surface area contributed by atoms with Crippen molar-refractivity contribution in [3.8, 4) is 11.5 Å². The fourth-order valence-electron chi connectivity index (χ4n) is 2.65. The first-order valence-electron chi connectivity index (χ1n) is 8.49. The molecule has 0 aliphatic carbocycles. The van der Waals surface area contributed by atoms with Crippen LogP contribution in [0.3, 0.4) is 0 Å². The quantitative estimate of drug-likeness (QED) is 0.371. The molecule has 0 amide bonds. The van der Waals surface area contributed by atoms with E-state index in [1.165, 1.54) is 4.88 Å². The van der Waals surface area contributed by atoms with Gasteiger partial charge in [0, 0.05) is 24.4 Å². The normalized spacial score (nSPS) is 12.7. The molecule has 0 radical (unpaired) electrons. The summed E-state index contributed by atoms with van der Waals surface area (Å²) in [5.41, 5.74) is 2.22. The summed E-state index contributed by atoms with van der Waals surface area (Å²) >= 11 is 1.76. The van der Waals surface area contributed by atoms with E-state index in [9.17, 15) is 0 Å². The van der Waals surface area contributed by atoms with E-state index in [0.717, 1.165) is 53.2 Å². The first-order chi connectivity index (χ1) is 12.2. The van der Waals surface area contributed by atoms with Gasteiger partial charge in [-0.2, -0.15) is 0 Å². The van der Waals surface area contributed by atoms with Crippen molar-refractivity contribution in [2.24, 2.45) is 4.99 Å². The molecule has 0 bridgehead atoms. The Labute approximate surface area is 175 Å². The lowest BCUT2D eigenvalue weighted by atomic mass is 10.2. The summed E-state index contributed by atoms with van der Waals surface area (Å²) in [6, 6.07) is 5.94. The maximum absolute atomic E-state index is 5.41. The average molecular weight is 488 g/mol. The third-order valence-electron chi connectivity index (χ3n) is 3.85. The first kappa shape index (κ1) is 20.8. The molecule has 0 spiro atoms. The molecule has 1 aliphatic rings. The van der Waals surface area contributed by atoms with E-state index >= 15 is 0 Å². The highest BCUT2D eigenvalue weighted by Crippen LogP contribution is 2.32. The van der Waals surface area contributed by atoms with Crippen LogP contribution < -0.4 is 20.1 Å². The van der Waals surface area contributed by atoms with Gasteiger partial charge in [0.15, 0.2) is 17.5 Å². The zero-order valence-corrected chi connectivity index (χ0v) is 18.4. The number of aromatic nitrogens is 1. The lowest BCUT2D eigenvalue weighted by Crippen LogP contribution is -2.38. The van der Waals surface area contributed by atoms with Gasteiger partial charge in [0.2, 0.25) is 6.79 Å². The van der Waals surface area contributed by atoms with Crippen molar-refractivity contribution in [3.63, 3.8) is 0 Å². The second-order valence-electron chi connectivity index (χ2n) is 5.80. The van der Waals surface area contributed by atoms with E-state index in [2.05, 4.69) is 34.5 Å². The lowest BCUT2D eigenvalue weighted by Gasteiger charge is -2.11. The van der Waals surface area contributed by atoms with Crippen molar-refractivity contribution in [3.05, 3.63) is 39.3 Å². The molecule has 0 fully saturated rings. The Balaban J connectivity index is 0.00000243. The Morgan fingerprint density at radius 1 is 1.23 bits per heavy atom. The number of ether oxygens (including phenoxy) is 2. The SMILES string of the molecule is CCNC(=NCc1ccc2c(c1)OCO2)NCCc1sc(C)nc1C.I. The van der Waals surface area contributed by atoms with Gasteiger partial charge in [0.1, 0.15) is 0 Å². The molecular weight excluding hydrogens is 463 g/mol. The molecule has 3 rings (SSSR count). The second kappa shape index (κ2) is 9.96. The van der Waals surface area contributed by atoms with Crippen LogP contribution in [0.25, 0.3) is 0 Å². The van der Waals surface area contributed by atoms with Gasteiger partial charge in [0.05, 0.1) is 17.2 Å². The summed E-state index contributed by atoms with van der Waals surface area (Å²) in [6.45, 7) is 8.71. The van der Waals surface area contributed by atoms with Crippen LogP contribution >= 0.6 is 35.3 Å². The molecule has 8 heteroatoms. The molecule has 1 aromatic carbocycles. The Morgan fingerprint density at radius 3 is 2.77 bits per heavy atom. The molecule has 0 atom stereocenters. The standard InChI is InChI=1S/C18H24N4O2S.HI/c1-4-19-18(20-8-7-17-12(2)22-13(3)25-17)21-10-14-5-6-15-16(9-14)24-11-23-15;/h5-6,9H,4,7-8,10-11H2,1-3H3,(H2,19,20,21);1H. The minimum absolute atomic E-state index is 0. The van der Waals surface area contributed by atoms with Crippen molar-refractivity contribution in [2.75, 3.05) is 19.9 Å². The van der Waals surface area contributed by atoms with Gasteiger partial charge in [-0.1, -0.05) is 6.07 Å². The van der Waals surface area contributed by atoms with Gasteiger partial charge >= 0.3 is 0 Å². The molecule has 2 aromatic rings. The van der Waals surface area contributed by atoms with Crippen molar-refractivity contribution >= 4 is 41.3 Å². The van der Waals surface area contributed by atoms with Gasteiger partial charge in [-0.3, -0.25) is 0 Å². The van der Waals surface area contributed by atoms with E-state index in [4.69, 9.17) is 9.47 Å². The van der Waals surface area contributed by atoms with Crippen LogP contribution in [-0.2, 0) is 13.0 Å². The van der Waals surface area contributed by atoms with E-state index in [-0.39, 0.29) is 24.0 Å². The minimum Gasteiger partial charge on any atom is -0.454 e. The summed E-state index contributed by atoms with van der Waals surface area (Å²) in [4.78, 5) is 10.5. The molecule has 2 heterocycles. The zero-order valence-electron chi connectivity index (χ0n) is 15.3. The predicted molar refractivity (Wildman–Crippen MR) is 116 cm³/mol. The van der Waals surface area contributed by atoms with Crippen LogP contribution in [0.15, 0.2) is 23.2 Å². The molecule has 0 saturated carbocycles. The van der Waals surface area contributed by atoms with Crippen LogP contribution in [0.1, 0.15) is 28.1 Å². The maximum atomic E-state index is 5.41. The fraction of sp³-hybridized carbons (Fsp3) is 0.444. The van der Waals surface area contributed by atoms with Crippen LogP contribution in [-0.4, -0.2) is 30.8 Å². The topological polar surface area (TPSA) is 67.8 Å². The smallest absolute Gasteiger partial charge is 0.231 e. The monoisotopic (exact) mass is 488 g/mol. The molecule has 142 valence electrons. The summed E-state index contributed by atoms with van der Waals surface area (Å²) in [5.74, 6) is 2.41. The third kappa shape index (κ3) is 5.47. The number of guanidine groups is 1. The van der Waals surface area contributed by atoms with Gasteiger partial charge in [-0.25, -0.2) is 9.98 Å². The minimum atomic E-state index is 0. The van der Waals surface area contributed by atoms with Crippen molar-refractivity contribution in [2.45, 2.75) is 33.7 Å². The molecule has 1 aromatic heterocycles. The molecule has 26 heavy (non-hydrogen) atoms. The summed E-state index contributed by atoms with van der Waals surface area (Å²) in [6.07, 6.45) is 0.950. The zero-order chi connectivity index (χ0) is 17.6. The Morgan fingerprint density at radius 2 is 2.04 bits per heavy atom. The summed E-state index contributed by atoms with van der Waals surface area (Å²) in [5, 5.41) is 7.79. The van der Waals surface area contributed by atoms with Gasteiger partial charge in [-0.05, 0) is 38.5 Å². The highest BCUT2D eigenvalue weighted by atomic mass is 127. The van der Waals surface area contributed by atoms with E-state index in [1.54, 1.807) is 11.3 Å². The highest BCUT2D eigenvalue weighted by Gasteiger charge is 2.13. The number of aryl methyl sites for hydroxylation is 2. The second-order valence-corrected chi connectivity index (χ2v) is 7.09. The lowest BCUT2D eigenvalue weighted by molar-refractivity contribution is 0.174. The molecule has 6 nitrogen and oxygen atoms in total.